The zero-order valence-electron chi connectivity index (χ0n) is 18.7. The second-order valence-electron chi connectivity index (χ2n) is 7.90. The molecule has 0 unspecified atom stereocenters. The lowest BCUT2D eigenvalue weighted by Crippen LogP contribution is -2.55. The molecule has 3 rings (SSSR count). The van der Waals surface area contributed by atoms with E-state index in [2.05, 4.69) is 25.9 Å². The summed E-state index contributed by atoms with van der Waals surface area (Å²) in [7, 11) is 0. The number of nitrogens with two attached hydrogens (primary N) is 1. The summed E-state index contributed by atoms with van der Waals surface area (Å²) in [5.41, 5.74) is 7.69. The van der Waals surface area contributed by atoms with Gasteiger partial charge in [0.15, 0.2) is 5.82 Å². The minimum Gasteiger partial charge on any atom is -0.480 e. The summed E-state index contributed by atoms with van der Waals surface area (Å²) in [6, 6.07) is 0.100. The Bertz CT molecular complexity index is 914. The maximum Gasteiger partial charge on any atom is 0.408 e. The molecule has 0 spiro atoms. The van der Waals surface area contributed by atoms with Crippen LogP contribution in [0.5, 0.6) is 0 Å². The number of ether oxygens (including phenoxy) is 1. The van der Waals surface area contributed by atoms with Gasteiger partial charge in [-0.1, -0.05) is 0 Å². The maximum atomic E-state index is 12.5. The largest absolute Gasteiger partial charge is 0.480 e. The number of urea groups is 1. The van der Waals surface area contributed by atoms with E-state index in [9.17, 15) is 19.5 Å². The summed E-state index contributed by atoms with van der Waals surface area (Å²) < 4.78 is 4.89. The lowest BCUT2D eigenvalue weighted by Gasteiger charge is -2.36. The lowest BCUT2D eigenvalue weighted by molar-refractivity contribution is -0.139. The van der Waals surface area contributed by atoms with Gasteiger partial charge in [-0.2, -0.15) is 0 Å². The molecular weight excluding hydrogens is 432 g/mol. The van der Waals surface area contributed by atoms with Crippen LogP contribution in [-0.4, -0.2) is 96.9 Å². The van der Waals surface area contributed by atoms with Crippen LogP contribution in [0.25, 0.3) is 0 Å². The molecule has 1 fully saturated rings. The zero-order valence-corrected chi connectivity index (χ0v) is 18.7. The summed E-state index contributed by atoms with van der Waals surface area (Å²) in [5, 5.41) is 17.3. The molecule has 2 aliphatic rings. The Balaban J connectivity index is 1.52. The Hall–Kier alpha value is -3.77. The van der Waals surface area contributed by atoms with Gasteiger partial charge in [0.1, 0.15) is 11.9 Å². The molecule has 0 aromatic carbocycles. The van der Waals surface area contributed by atoms with Crippen LogP contribution >= 0.6 is 0 Å². The number of anilines is 2. The number of piperazine rings is 1. The number of nitrogens with one attached hydrogen (secondary N) is 3. The molecule has 3 heterocycles. The molecule has 180 valence electrons. The Morgan fingerprint density at radius 3 is 2.61 bits per heavy atom. The minimum absolute atomic E-state index is 0.271. The van der Waals surface area contributed by atoms with Gasteiger partial charge in [0.05, 0.1) is 24.9 Å². The van der Waals surface area contributed by atoms with Crippen molar-refractivity contribution in [3.05, 3.63) is 17.8 Å². The summed E-state index contributed by atoms with van der Waals surface area (Å²) in [6.45, 7) is 6.33. The van der Waals surface area contributed by atoms with E-state index in [1.165, 1.54) is 0 Å². The summed E-state index contributed by atoms with van der Waals surface area (Å²) in [5.74, 6) is 0.124. The van der Waals surface area contributed by atoms with Crippen molar-refractivity contribution in [2.24, 2.45) is 4.99 Å². The van der Waals surface area contributed by atoms with Gasteiger partial charge in [0.25, 0.3) is 0 Å². The standard InChI is InChI=1S/C20H30N8O5/c1-12(2)33-20(32)26-14(18(29)30)11-25-19(31)28-9-7-27(8-10-28)17-15(21)13(3-4-24-17)16-22-5-6-23-16/h3-4,12,14H,5-11,21H2,1-2H3,(H,22,23)(H,25,31)(H,26,32)(H,29,30)/t14-/m0/s1. The van der Waals surface area contributed by atoms with Crippen LogP contribution in [0.2, 0.25) is 0 Å². The van der Waals surface area contributed by atoms with Gasteiger partial charge in [-0.25, -0.2) is 19.4 Å². The van der Waals surface area contributed by atoms with E-state index in [1.54, 1.807) is 24.9 Å². The van der Waals surface area contributed by atoms with Gasteiger partial charge in [0.2, 0.25) is 0 Å². The van der Waals surface area contributed by atoms with Crippen molar-refractivity contribution >= 4 is 35.4 Å². The normalized spacial score (nSPS) is 16.6. The van der Waals surface area contributed by atoms with Crippen LogP contribution in [0.3, 0.4) is 0 Å². The number of nitrogens with zero attached hydrogens (tertiary/aromatic N) is 4. The van der Waals surface area contributed by atoms with E-state index in [-0.39, 0.29) is 6.54 Å². The number of hydrogen-bond acceptors (Lipinski definition) is 9. The highest BCUT2D eigenvalue weighted by atomic mass is 16.6. The molecule has 13 nitrogen and oxygen atoms in total. The van der Waals surface area contributed by atoms with Gasteiger partial charge in [-0.15, -0.1) is 0 Å². The van der Waals surface area contributed by atoms with Gasteiger partial charge in [-0.05, 0) is 19.9 Å². The molecule has 1 saturated heterocycles. The first-order chi connectivity index (χ1) is 15.8. The van der Waals surface area contributed by atoms with E-state index in [1.807, 2.05) is 11.0 Å². The molecule has 0 aliphatic carbocycles. The fourth-order valence-corrected chi connectivity index (χ4v) is 3.51. The quantitative estimate of drug-likeness (QED) is 0.355. The van der Waals surface area contributed by atoms with Crippen LogP contribution in [-0.2, 0) is 9.53 Å². The number of carbonyl (C=O) groups is 3. The first-order valence-electron chi connectivity index (χ1n) is 10.8. The monoisotopic (exact) mass is 462 g/mol. The Kier molecular flexibility index (Phi) is 7.74. The van der Waals surface area contributed by atoms with Crippen LogP contribution in [0.4, 0.5) is 21.1 Å². The second-order valence-corrected chi connectivity index (χ2v) is 7.90. The van der Waals surface area contributed by atoms with E-state index < -0.39 is 30.2 Å². The molecule has 1 aromatic rings. The third-order valence-corrected chi connectivity index (χ3v) is 5.16. The Morgan fingerprint density at radius 2 is 2.00 bits per heavy atom. The average molecular weight is 463 g/mol. The van der Waals surface area contributed by atoms with Gasteiger partial charge in [-0.3, -0.25) is 4.99 Å². The molecule has 2 aliphatic heterocycles. The number of carboxylic acid groups (broad SMARTS) is 1. The van der Waals surface area contributed by atoms with Crippen molar-refractivity contribution in [2.45, 2.75) is 26.0 Å². The lowest BCUT2D eigenvalue weighted by atomic mass is 10.2. The van der Waals surface area contributed by atoms with Gasteiger partial charge < -0.3 is 41.3 Å². The summed E-state index contributed by atoms with van der Waals surface area (Å²) in [4.78, 5) is 48.0. The summed E-state index contributed by atoms with van der Waals surface area (Å²) in [6.07, 6.45) is 0.440. The Labute approximate surface area is 191 Å². The van der Waals surface area contributed by atoms with E-state index in [0.29, 0.717) is 44.2 Å². The number of nitrogen functional groups attached to an aromatic ring is 1. The molecule has 3 amide bonds. The summed E-state index contributed by atoms with van der Waals surface area (Å²) >= 11 is 0. The third kappa shape index (κ3) is 6.14. The van der Waals surface area contributed by atoms with Gasteiger partial charge in [0, 0.05) is 44.5 Å². The molecule has 1 aromatic heterocycles. The molecule has 33 heavy (non-hydrogen) atoms. The molecule has 13 heteroatoms. The van der Waals surface area contributed by atoms with Crippen LogP contribution in [0.1, 0.15) is 19.4 Å². The number of carbonyl (C=O) groups excluding carboxylic acids is 2. The Morgan fingerprint density at radius 1 is 1.27 bits per heavy atom. The minimum atomic E-state index is -1.31. The van der Waals surface area contributed by atoms with E-state index >= 15 is 0 Å². The van der Waals surface area contributed by atoms with E-state index in [4.69, 9.17) is 10.5 Å². The number of aromatic nitrogens is 1. The van der Waals surface area contributed by atoms with Crippen molar-refractivity contribution in [1.29, 1.82) is 0 Å². The third-order valence-electron chi connectivity index (χ3n) is 5.16. The fraction of sp³-hybridized carbons (Fsp3) is 0.550. The fourth-order valence-electron chi connectivity index (χ4n) is 3.51. The first-order valence-corrected chi connectivity index (χ1v) is 10.8. The molecular formula is C20H30N8O5. The molecule has 0 radical (unpaired) electrons. The molecule has 0 saturated carbocycles. The number of alkyl carbamates (subject to hydrolysis) is 1. The van der Waals surface area contributed by atoms with Crippen molar-refractivity contribution < 1.29 is 24.2 Å². The van der Waals surface area contributed by atoms with Crippen molar-refractivity contribution in [3.63, 3.8) is 0 Å². The van der Waals surface area contributed by atoms with Crippen LogP contribution in [0, 0.1) is 0 Å². The van der Waals surface area contributed by atoms with Gasteiger partial charge >= 0.3 is 18.1 Å². The number of pyridine rings is 1. The van der Waals surface area contributed by atoms with Crippen LogP contribution < -0.4 is 26.6 Å². The number of rotatable bonds is 7. The molecule has 1 atom stereocenters. The highest BCUT2D eigenvalue weighted by molar-refractivity contribution is 6.05. The van der Waals surface area contributed by atoms with Crippen molar-refractivity contribution in [1.82, 2.24) is 25.8 Å². The zero-order chi connectivity index (χ0) is 24.0. The predicted octanol–water partition coefficient (Wildman–Crippen LogP) is -0.567. The highest BCUT2D eigenvalue weighted by Crippen LogP contribution is 2.25. The van der Waals surface area contributed by atoms with E-state index in [0.717, 1.165) is 17.9 Å². The highest BCUT2D eigenvalue weighted by Gasteiger charge is 2.27. The average Bonchev–Trinajstić information content (AvgIpc) is 3.30. The number of amidine groups is 1. The number of aliphatic carboxylic acids is 1. The smallest absolute Gasteiger partial charge is 0.408 e. The number of hydrogen-bond donors (Lipinski definition) is 5. The second kappa shape index (κ2) is 10.7. The van der Waals surface area contributed by atoms with Crippen LogP contribution in [0.15, 0.2) is 17.3 Å². The topological polar surface area (TPSA) is 175 Å². The molecule has 6 N–H and O–H groups in total. The molecule has 0 bridgehead atoms. The first kappa shape index (κ1) is 23.9. The predicted molar refractivity (Wildman–Crippen MR) is 121 cm³/mol. The van der Waals surface area contributed by atoms with Crippen molar-refractivity contribution in [3.8, 4) is 0 Å². The maximum absolute atomic E-state index is 12.5. The number of carboxylic acids is 1. The number of amides is 3. The SMILES string of the molecule is CC(C)OC(=O)N[C@@H](CNC(=O)N1CCN(c2nccc(C3=NCCN3)c2N)CC1)C(=O)O. The number of aliphatic imine (C=N–C) groups is 1. The van der Waals surface area contributed by atoms with Crippen molar-refractivity contribution in [2.75, 3.05) is 56.4 Å².